The van der Waals surface area contributed by atoms with Gasteiger partial charge in [0.25, 0.3) is 0 Å². The van der Waals surface area contributed by atoms with Gasteiger partial charge in [-0.15, -0.1) is 0 Å². The molecule has 0 saturated carbocycles. The second-order valence-corrected chi connectivity index (χ2v) is 4.77. The van der Waals surface area contributed by atoms with Gasteiger partial charge in [0, 0.05) is 29.7 Å². The summed E-state index contributed by atoms with van der Waals surface area (Å²) in [5.74, 6) is 0.609. The highest BCUT2D eigenvalue weighted by molar-refractivity contribution is 9.10. The molecule has 2 nitrogen and oxygen atoms in total. The predicted octanol–water partition coefficient (Wildman–Crippen LogP) is 2.33. The zero-order valence-electron chi connectivity index (χ0n) is 8.33. The van der Waals surface area contributed by atoms with Crippen molar-refractivity contribution in [1.82, 2.24) is 0 Å². The number of benzene rings is 1. The van der Waals surface area contributed by atoms with Gasteiger partial charge in [0.05, 0.1) is 0 Å². The molecule has 0 fully saturated rings. The molecule has 1 aromatic rings. The van der Waals surface area contributed by atoms with E-state index in [2.05, 4.69) is 46.1 Å². The van der Waals surface area contributed by atoms with Crippen molar-refractivity contribution in [3.63, 3.8) is 0 Å². The second kappa shape index (κ2) is 3.91. The number of hydrogen-bond donors (Lipinski definition) is 1. The molecule has 2 N–H and O–H groups in total. The SMILES string of the molecule is CN1CC(CCN)c2cc(Br)ccc21. The summed E-state index contributed by atoms with van der Waals surface area (Å²) in [6.07, 6.45) is 1.08. The Balaban J connectivity index is 2.35. The molecule has 0 radical (unpaired) electrons. The molecule has 1 aliphatic heterocycles. The zero-order valence-corrected chi connectivity index (χ0v) is 9.92. The van der Waals surface area contributed by atoms with Crippen molar-refractivity contribution < 1.29 is 0 Å². The van der Waals surface area contributed by atoms with Crippen LogP contribution < -0.4 is 10.6 Å². The summed E-state index contributed by atoms with van der Waals surface area (Å²) in [5.41, 5.74) is 8.41. The first-order valence-electron chi connectivity index (χ1n) is 4.93. The fraction of sp³-hybridized carbons (Fsp3) is 0.455. The van der Waals surface area contributed by atoms with E-state index in [1.807, 2.05) is 0 Å². The Morgan fingerprint density at radius 2 is 2.36 bits per heavy atom. The minimum Gasteiger partial charge on any atom is -0.374 e. The molecule has 76 valence electrons. The van der Waals surface area contributed by atoms with Crippen molar-refractivity contribution >= 4 is 21.6 Å². The molecule has 2 rings (SSSR count). The van der Waals surface area contributed by atoms with Crippen molar-refractivity contribution in [2.45, 2.75) is 12.3 Å². The molecule has 0 spiro atoms. The zero-order chi connectivity index (χ0) is 10.1. The fourth-order valence-corrected chi connectivity index (χ4v) is 2.55. The maximum atomic E-state index is 5.62. The number of anilines is 1. The van der Waals surface area contributed by atoms with Gasteiger partial charge in [-0.2, -0.15) is 0 Å². The van der Waals surface area contributed by atoms with Gasteiger partial charge < -0.3 is 10.6 Å². The molecule has 0 aromatic heterocycles. The van der Waals surface area contributed by atoms with Crippen molar-refractivity contribution in [1.29, 1.82) is 0 Å². The molecule has 0 bridgehead atoms. The van der Waals surface area contributed by atoms with E-state index in [0.29, 0.717) is 5.92 Å². The van der Waals surface area contributed by atoms with Crippen molar-refractivity contribution in [3.05, 3.63) is 28.2 Å². The minimum absolute atomic E-state index is 0.609. The first-order chi connectivity index (χ1) is 6.72. The van der Waals surface area contributed by atoms with Gasteiger partial charge in [0.2, 0.25) is 0 Å². The van der Waals surface area contributed by atoms with E-state index in [1.165, 1.54) is 11.3 Å². The monoisotopic (exact) mass is 254 g/mol. The van der Waals surface area contributed by atoms with Crippen LogP contribution in [0.1, 0.15) is 17.9 Å². The third-order valence-corrected chi connectivity index (χ3v) is 3.34. The Hall–Kier alpha value is -0.540. The van der Waals surface area contributed by atoms with E-state index < -0.39 is 0 Å². The number of fused-ring (bicyclic) bond motifs is 1. The third kappa shape index (κ3) is 1.66. The van der Waals surface area contributed by atoms with Gasteiger partial charge in [-0.05, 0) is 36.7 Å². The summed E-state index contributed by atoms with van der Waals surface area (Å²) >= 11 is 3.51. The summed E-state index contributed by atoms with van der Waals surface area (Å²) in [7, 11) is 2.14. The largest absolute Gasteiger partial charge is 0.374 e. The molecule has 1 aromatic carbocycles. The van der Waals surface area contributed by atoms with Gasteiger partial charge in [0.15, 0.2) is 0 Å². The van der Waals surface area contributed by atoms with Crippen LogP contribution in [-0.4, -0.2) is 20.1 Å². The Morgan fingerprint density at radius 1 is 1.57 bits per heavy atom. The summed E-state index contributed by atoms with van der Waals surface area (Å²) in [6.45, 7) is 1.87. The van der Waals surface area contributed by atoms with Gasteiger partial charge in [0.1, 0.15) is 0 Å². The van der Waals surface area contributed by atoms with E-state index in [4.69, 9.17) is 5.73 Å². The lowest BCUT2D eigenvalue weighted by molar-refractivity contribution is 0.662. The minimum atomic E-state index is 0.609. The van der Waals surface area contributed by atoms with Crippen LogP contribution in [-0.2, 0) is 0 Å². The highest BCUT2D eigenvalue weighted by atomic mass is 79.9. The first kappa shape index (κ1) is 9.99. The molecule has 1 atom stereocenters. The second-order valence-electron chi connectivity index (χ2n) is 3.86. The van der Waals surface area contributed by atoms with Crippen LogP contribution in [0.4, 0.5) is 5.69 Å². The summed E-state index contributed by atoms with van der Waals surface area (Å²) in [5, 5.41) is 0. The molecular formula is C11H15BrN2. The molecular weight excluding hydrogens is 240 g/mol. The first-order valence-corrected chi connectivity index (χ1v) is 5.72. The van der Waals surface area contributed by atoms with Crippen LogP contribution >= 0.6 is 15.9 Å². The number of likely N-dealkylation sites (N-methyl/N-ethyl adjacent to an activating group) is 1. The Bertz CT molecular complexity index is 338. The Morgan fingerprint density at radius 3 is 3.07 bits per heavy atom. The topological polar surface area (TPSA) is 29.3 Å². The lowest BCUT2D eigenvalue weighted by Gasteiger charge is -2.11. The number of nitrogens with zero attached hydrogens (tertiary/aromatic N) is 1. The van der Waals surface area contributed by atoms with Gasteiger partial charge in [-0.1, -0.05) is 15.9 Å². The Kier molecular flexibility index (Phi) is 2.79. The van der Waals surface area contributed by atoms with Crippen LogP contribution in [0.2, 0.25) is 0 Å². The summed E-state index contributed by atoms with van der Waals surface area (Å²) < 4.78 is 1.16. The number of rotatable bonds is 2. The summed E-state index contributed by atoms with van der Waals surface area (Å²) in [4.78, 5) is 2.31. The molecule has 1 heterocycles. The third-order valence-electron chi connectivity index (χ3n) is 2.85. The highest BCUT2D eigenvalue weighted by Crippen LogP contribution is 2.38. The molecule has 1 aliphatic rings. The summed E-state index contributed by atoms with van der Waals surface area (Å²) in [6, 6.07) is 6.50. The number of halogens is 1. The van der Waals surface area contributed by atoms with Crippen LogP contribution in [0.5, 0.6) is 0 Å². The normalized spacial score (nSPS) is 19.9. The smallest absolute Gasteiger partial charge is 0.0400 e. The number of hydrogen-bond acceptors (Lipinski definition) is 2. The van der Waals surface area contributed by atoms with Gasteiger partial charge in [-0.3, -0.25) is 0 Å². The fourth-order valence-electron chi connectivity index (χ4n) is 2.18. The maximum Gasteiger partial charge on any atom is 0.0400 e. The van der Waals surface area contributed by atoms with Crippen molar-refractivity contribution in [3.8, 4) is 0 Å². The van der Waals surface area contributed by atoms with Gasteiger partial charge >= 0.3 is 0 Å². The Labute approximate surface area is 93.2 Å². The van der Waals surface area contributed by atoms with Crippen LogP contribution in [0.25, 0.3) is 0 Å². The van der Waals surface area contributed by atoms with Crippen molar-refractivity contribution in [2.24, 2.45) is 5.73 Å². The van der Waals surface area contributed by atoms with Crippen molar-refractivity contribution in [2.75, 3.05) is 25.0 Å². The van der Waals surface area contributed by atoms with Crippen LogP contribution in [0.3, 0.4) is 0 Å². The van der Waals surface area contributed by atoms with E-state index in [1.54, 1.807) is 0 Å². The number of nitrogens with two attached hydrogens (primary N) is 1. The standard InChI is InChI=1S/C11H15BrN2/c1-14-7-8(4-5-13)10-6-9(12)2-3-11(10)14/h2-3,6,8H,4-5,7,13H2,1H3. The maximum absolute atomic E-state index is 5.62. The lowest BCUT2D eigenvalue weighted by atomic mass is 9.98. The molecule has 14 heavy (non-hydrogen) atoms. The molecule has 0 saturated heterocycles. The van der Waals surface area contributed by atoms with Crippen LogP contribution in [0, 0.1) is 0 Å². The van der Waals surface area contributed by atoms with Crippen LogP contribution in [0.15, 0.2) is 22.7 Å². The van der Waals surface area contributed by atoms with E-state index in [9.17, 15) is 0 Å². The van der Waals surface area contributed by atoms with E-state index in [-0.39, 0.29) is 0 Å². The van der Waals surface area contributed by atoms with E-state index in [0.717, 1.165) is 24.0 Å². The lowest BCUT2D eigenvalue weighted by Crippen LogP contribution is -2.16. The molecule has 3 heteroatoms. The average molecular weight is 255 g/mol. The average Bonchev–Trinajstić information content (AvgIpc) is 2.44. The quantitative estimate of drug-likeness (QED) is 0.878. The predicted molar refractivity (Wildman–Crippen MR) is 63.8 cm³/mol. The molecule has 0 aliphatic carbocycles. The molecule has 1 unspecified atom stereocenters. The highest BCUT2D eigenvalue weighted by Gasteiger charge is 2.25. The van der Waals surface area contributed by atoms with Gasteiger partial charge in [-0.25, -0.2) is 0 Å². The molecule has 0 amide bonds. The van der Waals surface area contributed by atoms with E-state index >= 15 is 0 Å².